The second-order valence-electron chi connectivity index (χ2n) is 8.31. The van der Waals surface area contributed by atoms with Gasteiger partial charge >= 0.3 is 0 Å². The lowest BCUT2D eigenvalue weighted by atomic mass is 10.0. The Morgan fingerprint density at radius 1 is 1.20 bits per heavy atom. The van der Waals surface area contributed by atoms with Gasteiger partial charge in [0.2, 0.25) is 10.0 Å². The number of hydrogen-bond acceptors (Lipinski definition) is 5. The van der Waals surface area contributed by atoms with Crippen molar-refractivity contribution in [2.45, 2.75) is 58.0 Å². The van der Waals surface area contributed by atoms with E-state index in [9.17, 15) is 8.42 Å². The zero-order valence-electron chi connectivity index (χ0n) is 18.3. The molecule has 1 fully saturated rings. The van der Waals surface area contributed by atoms with Crippen LogP contribution in [-0.2, 0) is 16.4 Å². The molecule has 0 unspecified atom stereocenters. The SMILES string of the molecule is CCCCc1cc(OC2CCN(CCCCNS(C)(=O)=O)CC2)c2ncccc2c1. The highest BCUT2D eigenvalue weighted by molar-refractivity contribution is 7.88. The summed E-state index contributed by atoms with van der Waals surface area (Å²) in [5.41, 5.74) is 2.28. The molecule has 2 heterocycles. The average Bonchev–Trinajstić information content (AvgIpc) is 2.72. The number of nitrogens with zero attached hydrogens (tertiary/aromatic N) is 2. The Bertz CT molecular complexity index is 909. The molecule has 1 saturated heterocycles. The van der Waals surface area contributed by atoms with Crippen LogP contribution in [0.15, 0.2) is 30.5 Å². The number of fused-ring (bicyclic) bond motifs is 1. The zero-order valence-corrected chi connectivity index (χ0v) is 19.1. The zero-order chi connectivity index (χ0) is 21.4. The maximum absolute atomic E-state index is 11.1. The summed E-state index contributed by atoms with van der Waals surface area (Å²) in [6.07, 6.45) is 10.6. The van der Waals surface area contributed by atoms with Crippen LogP contribution in [0.2, 0.25) is 0 Å². The van der Waals surface area contributed by atoms with E-state index < -0.39 is 10.0 Å². The number of aromatic nitrogens is 1. The lowest BCUT2D eigenvalue weighted by Crippen LogP contribution is -2.39. The molecule has 6 nitrogen and oxygen atoms in total. The lowest BCUT2D eigenvalue weighted by molar-refractivity contribution is 0.101. The molecule has 1 aromatic heterocycles. The van der Waals surface area contributed by atoms with Gasteiger partial charge in [0.05, 0.1) is 6.26 Å². The molecule has 166 valence electrons. The van der Waals surface area contributed by atoms with Crippen LogP contribution in [-0.4, -0.2) is 56.8 Å². The number of unbranched alkanes of at least 4 members (excludes halogenated alkanes) is 2. The number of hydrogen-bond donors (Lipinski definition) is 1. The van der Waals surface area contributed by atoms with E-state index in [1.807, 2.05) is 12.3 Å². The Morgan fingerprint density at radius 3 is 2.73 bits per heavy atom. The summed E-state index contributed by atoms with van der Waals surface area (Å²) in [6.45, 7) is 5.79. The summed E-state index contributed by atoms with van der Waals surface area (Å²) in [6, 6.07) is 8.53. The van der Waals surface area contributed by atoms with Crippen molar-refractivity contribution in [3.05, 3.63) is 36.0 Å². The Balaban J connectivity index is 1.50. The van der Waals surface area contributed by atoms with Crippen LogP contribution < -0.4 is 9.46 Å². The molecule has 0 atom stereocenters. The molecule has 0 aliphatic carbocycles. The standard InChI is InChI=1S/C23H35N3O3S/c1-3-4-8-19-17-20-9-7-12-24-23(20)22(18-19)29-21-10-15-26(16-11-21)14-6-5-13-25-30(2,27)28/h7,9,12,17-18,21,25H,3-6,8,10-11,13-16H2,1-2H3. The van der Waals surface area contributed by atoms with Gasteiger partial charge in [0.15, 0.2) is 0 Å². The van der Waals surface area contributed by atoms with Crippen molar-refractivity contribution in [1.29, 1.82) is 0 Å². The Hall–Kier alpha value is -1.70. The molecule has 1 aliphatic rings. The number of sulfonamides is 1. The second-order valence-corrected chi connectivity index (χ2v) is 10.1. The summed E-state index contributed by atoms with van der Waals surface area (Å²) in [7, 11) is -3.08. The summed E-state index contributed by atoms with van der Waals surface area (Å²) >= 11 is 0. The molecule has 2 aromatic rings. The van der Waals surface area contributed by atoms with E-state index in [0.29, 0.717) is 6.54 Å². The fourth-order valence-electron chi connectivity index (χ4n) is 3.98. The van der Waals surface area contributed by atoms with Crippen molar-refractivity contribution in [2.24, 2.45) is 0 Å². The number of piperidine rings is 1. The van der Waals surface area contributed by atoms with E-state index in [1.54, 1.807) is 0 Å². The number of aryl methyl sites for hydroxylation is 1. The molecular formula is C23H35N3O3S. The molecule has 0 bridgehead atoms. The van der Waals surface area contributed by atoms with Crippen molar-refractivity contribution in [2.75, 3.05) is 32.4 Å². The summed E-state index contributed by atoms with van der Waals surface area (Å²) < 4.78 is 31.2. The third-order valence-electron chi connectivity index (χ3n) is 5.64. The number of pyridine rings is 1. The maximum Gasteiger partial charge on any atom is 0.208 e. The van der Waals surface area contributed by atoms with E-state index in [4.69, 9.17) is 4.74 Å². The third-order valence-corrected chi connectivity index (χ3v) is 6.37. The van der Waals surface area contributed by atoms with Crippen LogP contribution in [0.1, 0.15) is 51.0 Å². The highest BCUT2D eigenvalue weighted by atomic mass is 32.2. The van der Waals surface area contributed by atoms with Crippen LogP contribution >= 0.6 is 0 Å². The summed E-state index contributed by atoms with van der Waals surface area (Å²) in [4.78, 5) is 7.03. The minimum absolute atomic E-state index is 0.222. The molecule has 3 rings (SSSR count). The van der Waals surface area contributed by atoms with Gasteiger partial charge in [-0.15, -0.1) is 0 Å². The number of likely N-dealkylation sites (tertiary alicyclic amines) is 1. The van der Waals surface area contributed by atoms with Gasteiger partial charge < -0.3 is 9.64 Å². The van der Waals surface area contributed by atoms with E-state index >= 15 is 0 Å². The van der Waals surface area contributed by atoms with Crippen LogP contribution in [0.5, 0.6) is 5.75 Å². The number of nitrogens with one attached hydrogen (secondary N) is 1. The minimum atomic E-state index is -3.08. The molecule has 30 heavy (non-hydrogen) atoms. The second kappa shape index (κ2) is 11.1. The van der Waals surface area contributed by atoms with Gasteiger partial charge in [-0.1, -0.05) is 19.4 Å². The van der Waals surface area contributed by atoms with Crippen molar-refractivity contribution >= 4 is 20.9 Å². The number of rotatable bonds is 11. The average molecular weight is 434 g/mol. The Labute approximate surface area is 181 Å². The van der Waals surface area contributed by atoms with E-state index in [1.165, 1.54) is 24.7 Å². The summed E-state index contributed by atoms with van der Waals surface area (Å²) in [5, 5.41) is 1.15. The molecule has 0 spiro atoms. The molecule has 0 amide bonds. The Kier molecular flexibility index (Phi) is 8.48. The lowest BCUT2D eigenvalue weighted by Gasteiger charge is -2.32. The quantitative estimate of drug-likeness (QED) is 0.547. The number of ether oxygens (including phenoxy) is 1. The van der Waals surface area contributed by atoms with E-state index in [2.05, 4.69) is 39.7 Å². The van der Waals surface area contributed by atoms with E-state index in [-0.39, 0.29) is 6.10 Å². The highest BCUT2D eigenvalue weighted by Crippen LogP contribution is 2.29. The minimum Gasteiger partial charge on any atom is -0.488 e. The van der Waals surface area contributed by atoms with Crippen molar-refractivity contribution in [3.8, 4) is 5.75 Å². The van der Waals surface area contributed by atoms with Gasteiger partial charge in [0.25, 0.3) is 0 Å². The molecule has 1 N–H and O–H groups in total. The van der Waals surface area contributed by atoms with Gasteiger partial charge in [-0.2, -0.15) is 0 Å². The molecule has 1 aliphatic heterocycles. The largest absolute Gasteiger partial charge is 0.488 e. The topological polar surface area (TPSA) is 71.5 Å². The van der Waals surface area contributed by atoms with Crippen LogP contribution in [0, 0.1) is 0 Å². The van der Waals surface area contributed by atoms with Gasteiger partial charge in [-0.05, 0) is 68.8 Å². The van der Waals surface area contributed by atoms with Crippen molar-refractivity contribution in [1.82, 2.24) is 14.6 Å². The first-order chi connectivity index (χ1) is 14.4. The first-order valence-corrected chi connectivity index (χ1v) is 13.0. The molecular weight excluding hydrogens is 398 g/mol. The predicted molar refractivity (Wildman–Crippen MR) is 123 cm³/mol. The van der Waals surface area contributed by atoms with Gasteiger partial charge in [0.1, 0.15) is 17.4 Å². The Morgan fingerprint density at radius 2 is 2.00 bits per heavy atom. The number of benzene rings is 1. The first-order valence-electron chi connectivity index (χ1n) is 11.2. The molecule has 7 heteroatoms. The van der Waals surface area contributed by atoms with Crippen molar-refractivity contribution < 1.29 is 13.2 Å². The monoisotopic (exact) mass is 433 g/mol. The normalized spacial score (nSPS) is 16.2. The first kappa shape index (κ1) is 23.0. The van der Waals surface area contributed by atoms with E-state index in [0.717, 1.165) is 68.4 Å². The molecule has 1 aromatic carbocycles. The van der Waals surface area contributed by atoms with Crippen LogP contribution in [0.25, 0.3) is 10.9 Å². The van der Waals surface area contributed by atoms with Gasteiger partial charge in [0, 0.05) is 31.2 Å². The smallest absolute Gasteiger partial charge is 0.208 e. The third kappa shape index (κ3) is 7.22. The fraction of sp³-hybridized carbons (Fsp3) is 0.609. The van der Waals surface area contributed by atoms with Gasteiger partial charge in [-0.3, -0.25) is 4.98 Å². The molecule has 0 saturated carbocycles. The summed E-state index contributed by atoms with van der Waals surface area (Å²) in [5.74, 6) is 0.921. The van der Waals surface area contributed by atoms with Crippen LogP contribution in [0.4, 0.5) is 0 Å². The molecule has 0 radical (unpaired) electrons. The fourth-order valence-corrected chi connectivity index (χ4v) is 4.50. The van der Waals surface area contributed by atoms with Crippen molar-refractivity contribution in [3.63, 3.8) is 0 Å². The van der Waals surface area contributed by atoms with Gasteiger partial charge in [-0.25, -0.2) is 13.1 Å². The highest BCUT2D eigenvalue weighted by Gasteiger charge is 2.21. The predicted octanol–water partition coefficient (Wildman–Crippen LogP) is 3.75. The van der Waals surface area contributed by atoms with Crippen LogP contribution in [0.3, 0.4) is 0 Å². The maximum atomic E-state index is 11.1.